The minimum Gasteiger partial charge on any atom is -0.554 e. The van der Waals surface area contributed by atoms with Crippen molar-refractivity contribution in [3.8, 4) is 0 Å². The maximum absolute atomic E-state index is 8.25. The molecule has 0 spiro atoms. The van der Waals surface area contributed by atoms with Crippen LogP contribution in [0.1, 0.15) is 46.0 Å². The molecule has 0 heterocycles. The summed E-state index contributed by atoms with van der Waals surface area (Å²) < 4.78 is 5.58. The van der Waals surface area contributed by atoms with E-state index in [0.29, 0.717) is 0 Å². The summed E-state index contributed by atoms with van der Waals surface area (Å²) in [6.45, 7) is 6.84. The van der Waals surface area contributed by atoms with Crippen molar-refractivity contribution in [1.82, 2.24) is 0 Å². The summed E-state index contributed by atoms with van der Waals surface area (Å²) in [4.78, 5) is 8.25. The summed E-state index contributed by atoms with van der Waals surface area (Å²) in [7, 11) is 0. The van der Waals surface area contributed by atoms with Crippen LogP contribution >= 0.6 is 0 Å². The van der Waals surface area contributed by atoms with E-state index in [0.717, 1.165) is 32.1 Å². The molecule has 0 aromatic carbocycles. The number of hydrogen-bond acceptors (Lipinski definition) is 3. The van der Waals surface area contributed by atoms with Gasteiger partial charge in [0.1, 0.15) is 0 Å². The summed E-state index contributed by atoms with van der Waals surface area (Å²) in [6, 6.07) is 0. The molecule has 1 atom stereocenters. The zero-order chi connectivity index (χ0) is 12.6. The topological polar surface area (TPSA) is 77.0 Å². The molecular weight excluding hydrogens is 206 g/mol. The predicted molar refractivity (Wildman–Crippen MR) is 62.6 cm³/mol. The average molecular weight is 233 g/mol. The predicted octanol–water partition coefficient (Wildman–Crippen LogP) is 0.218. The zero-order valence-corrected chi connectivity index (χ0v) is 10.7. The third-order valence-electron chi connectivity index (χ3n) is 2.44. The third kappa shape index (κ3) is 15.8. The number of quaternary nitrogens is 1. The van der Waals surface area contributed by atoms with Crippen LogP contribution in [0.25, 0.3) is 0 Å². The molecule has 0 saturated heterocycles. The molecule has 0 saturated carbocycles. The molecule has 0 aromatic heterocycles. The Kier molecular flexibility index (Phi) is 18.7. The second kappa shape index (κ2) is 16.8. The highest BCUT2D eigenvalue weighted by Crippen LogP contribution is 2.12. The van der Waals surface area contributed by atoms with Gasteiger partial charge in [-0.25, -0.2) is 0 Å². The lowest BCUT2D eigenvalue weighted by Gasteiger charge is -2.13. The van der Waals surface area contributed by atoms with E-state index in [2.05, 4.69) is 19.6 Å². The van der Waals surface area contributed by atoms with Gasteiger partial charge in [0.05, 0.1) is 13.2 Å². The first-order chi connectivity index (χ1) is 7.76. The van der Waals surface area contributed by atoms with Crippen LogP contribution in [0.2, 0.25) is 0 Å². The number of unbranched alkanes of at least 4 members (excludes halogenated alkanes) is 1. The number of rotatable bonds is 9. The molecule has 1 unspecified atom stereocenters. The quantitative estimate of drug-likeness (QED) is 0.457. The molecule has 0 bridgehead atoms. The number of ether oxygens (including phenoxy) is 1. The van der Waals surface area contributed by atoms with E-state index in [9.17, 15) is 0 Å². The Hall–Kier alpha value is -0.610. The van der Waals surface area contributed by atoms with Crippen LogP contribution in [-0.4, -0.2) is 26.2 Å². The van der Waals surface area contributed by atoms with E-state index in [4.69, 9.17) is 14.6 Å². The average Bonchev–Trinajstić information content (AvgIpc) is 2.29. The summed E-state index contributed by atoms with van der Waals surface area (Å²) in [6.07, 6.45) is 6.33. The van der Waals surface area contributed by atoms with Crippen LogP contribution in [-0.2, 0) is 9.53 Å². The van der Waals surface area contributed by atoms with Crippen LogP contribution in [0.5, 0.6) is 0 Å². The molecule has 4 heteroatoms. The smallest absolute Gasteiger partial charge is 0.0762 e. The van der Waals surface area contributed by atoms with Crippen molar-refractivity contribution in [3.05, 3.63) is 0 Å². The minimum atomic E-state index is -0.500. The normalized spacial score (nSPS) is 11.4. The Bertz CT molecular complexity index is 131. The Morgan fingerprint density at radius 2 is 2.00 bits per heavy atom. The lowest BCUT2D eigenvalue weighted by Crippen LogP contribution is -2.50. The van der Waals surface area contributed by atoms with Crippen molar-refractivity contribution in [2.45, 2.75) is 46.0 Å². The van der Waals surface area contributed by atoms with Crippen molar-refractivity contribution in [1.29, 1.82) is 0 Å². The highest BCUT2D eigenvalue weighted by molar-refractivity contribution is 5.29. The molecule has 0 aliphatic heterocycles. The molecule has 98 valence electrons. The van der Waals surface area contributed by atoms with Crippen LogP contribution in [0.4, 0.5) is 0 Å². The number of carboxylic acid groups (broad SMARTS) is 1. The monoisotopic (exact) mass is 233 g/mol. The van der Waals surface area contributed by atoms with Crippen molar-refractivity contribution >= 4 is 6.47 Å². The van der Waals surface area contributed by atoms with Crippen molar-refractivity contribution in [2.75, 3.05) is 19.8 Å². The van der Waals surface area contributed by atoms with E-state index in [1.807, 2.05) is 0 Å². The lowest BCUT2D eigenvalue weighted by atomic mass is 10.0. The largest absolute Gasteiger partial charge is 0.554 e. The Labute approximate surface area is 99.2 Å². The third-order valence-corrected chi connectivity index (χ3v) is 2.44. The van der Waals surface area contributed by atoms with E-state index in [1.165, 1.54) is 25.7 Å². The fourth-order valence-electron chi connectivity index (χ4n) is 1.35. The first kappa shape index (κ1) is 17.8. The lowest BCUT2D eigenvalue weighted by molar-refractivity contribution is -0.369. The molecule has 3 N–H and O–H groups in total. The maximum atomic E-state index is 8.25. The van der Waals surface area contributed by atoms with Gasteiger partial charge in [0.15, 0.2) is 0 Å². The van der Waals surface area contributed by atoms with Gasteiger partial charge in [-0.3, -0.25) is 0 Å². The van der Waals surface area contributed by atoms with Gasteiger partial charge in [-0.15, -0.1) is 0 Å². The standard InChI is InChI=1S/C11H25NO.CH2O2/c1-3-5-7-11(4-2)10-13-9-6-8-12;2-1-3/h11H,3-10,12H2,1-2H3;1H,(H,2,3). The molecule has 0 radical (unpaired) electrons. The van der Waals surface area contributed by atoms with E-state index in [-0.39, 0.29) is 0 Å². The van der Waals surface area contributed by atoms with Gasteiger partial charge in [-0.2, -0.15) is 0 Å². The van der Waals surface area contributed by atoms with Gasteiger partial charge in [0.25, 0.3) is 0 Å². The minimum absolute atomic E-state index is 0.500. The van der Waals surface area contributed by atoms with Gasteiger partial charge in [-0.1, -0.05) is 33.1 Å². The van der Waals surface area contributed by atoms with Crippen LogP contribution < -0.4 is 10.8 Å². The summed E-state index contributed by atoms with van der Waals surface area (Å²) in [5.41, 5.74) is 3.79. The van der Waals surface area contributed by atoms with Crippen molar-refractivity contribution in [3.63, 3.8) is 0 Å². The Morgan fingerprint density at radius 1 is 1.38 bits per heavy atom. The van der Waals surface area contributed by atoms with Crippen LogP contribution in [0.3, 0.4) is 0 Å². The first-order valence-electron chi connectivity index (χ1n) is 6.19. The van der Waals surface area contributed by atoms with Crippen LogP contribution in [0.15, 0.2) is 0 Å². The number of hydrogen-bond donors (Lipinski definition) is 1. The summed E-state index contributed by atoms with van der Waals surface area (Å²) in [5, 5.41) is 8.25. The second-order valence-corrected chi connectivity index (χ2v) is 3.79. The summed E-state index contributed by atoms with van der Waals surface area (Å²) >= 11 is 0. The van der Waals surface area contributed by atoms with Gasteiger partial charge >= 0.3 is 0 Å². The SMILES string of the molecule is CCCCC(CC)COCCC[NH3+].O=C[O-]. The number of carbonyl (C=O) groups excluding carboxylic acids is 1. The number of carbonyl (C=O) groups is 1. The fourth-order valence-corrected chi connectivity index (χ4v) is 1.35. The Balaban J connectivity index is 0. The van der Waals surface area contributed by atoms with E-state index < -0.39 is 6.47 Å². The second-order valence-electron chi connectivity index (χ2n) is 3.79. The highest BCUT2D eigenvalue weighted by Gasteiger charge is 2.05. The van der Waals surface area contributed by atoms with Gasteiger partial charge in [0, 0.05) is 19.5 Å². The zero-order valence-electron chi connectivity index (χ0n) is 10.7. The highest BCUT2D eigenvalue weighted by atomic mass is 16.5. The van der Waals surface area contributed by atoms with Crippen molar-refractivity contribution in [2.24, 2.45) is 5.92 Å². The molecule has 0 aromatic rings. The van der Waals surface area contributed by atoms with Crippen LogP contribution in [0, 0.1) is 5.92 Å². The van der Waals surface area contributed by atoms with Gasteiger partial charge in [0.2, 0.25) is 0 Å². The molecule has 4 nitrogen and oxygen atoms in total. The summed E-state index contributed by atoms with van der Waals surface area (Å²) in [5.74, 6) is 0.782. The first-order valence-corrected chi connectivity index (χ1v) is 6.19. The van der Waals surface area contributed by atoms with Gasteiger partial charge in [-0.05, 0) is 12.3 Å². The molecule has 0 aliphatic carbocycles. The Morgan fingerprint density at radius 3 is 2.44 bits per heavy atom. The molecule has 0 rings (SSSR count). The molecule has 0 fully saturated rings. The molecule has 16 heavy (non-hydrogen) atoms. The maximum Gasteiger partial charge on any atom is 0.0762 e. The van der Waals surface area contributed by atoms with Gasteiger partial charge < -0.3 is 20.4 Å². The fraction of sp³-hybridized carbons (Fsp3) is 0.917. The molecule has 0 amide bonds. The van der Waals surface area contributed by atoms with Crippen molar-refractivity contribution < 1.29 is 20.4 Å². The molecular formula is C12H27NO3. The van der Waals surface area contributed by atoms with E-state index in [1.54, 1.807) is 0 Å². The van der Waals surface area contributed by atoms with E-state index >= 15 is 0 Å². The molecule has 0 aliphatic rings.